The molecule has 0 fully saturated rings. The summed E-state index contributed by atoms with van der Waals surface area (Å²) in [6.45, 7) is 0.365. The standard InChI is InChI=1S/C19H17FO4/c1-22-17-5-3-12(10-18(17)23-2)9-13-7-8-24-16-6-4-14(20)11-15(16)19(13)21/h3-6,9-11H,7-8H2,1-2H3/b13-9+. The van der Waals surface area contributed by atoms with E-state index in [4.69, 9.17) is 14.2 Å². The molecule has 5 heteroatoms. The van der Waals surface area contributed by atoms with Crippen molar-refractivity contribution in [2.24, 2.45) is 0 Å². The second kappa shape index (κ2) is 6.74. The number of ether oxygens (including phenoxy) is 3. The summed E-state index contributed by atoms with van der Waals surface area (Å²) in [4.78, 5) is 12.7. The molecule has 0 aromatic heterocycles. The molecule has 1 heterocycles. The van der Waals surface area contributed by atoms with E-state index < -0.39 is 5.82 Å². The van der Waals surface area contributed by atoms with Crippen LogP contribution in [0.3, 0.4) is 0 Å². The van der Waals surface area contributed by atoms with Gasteiger partial charge in [0.1, 0.15) is 11.6 Å². The number of hydrogen-bond acceptors (Lipinski definition) is 4. The number of carbonyl (C=O) groups is 1. The number of Topliss-reactive ketones (excluding diaryl/α,β-unsaturated/α-hetero) is 1. The van der Waals surface area contributed by atoms with Crippen molar-refractivity contribution < 1.29 is 23.4 Å². The molecule has 3 rings (SSSR count). The molecule has 2 aromatic carbocycles. The van der Waals surface area contributed by atoms with Crippen LogP contribution in [0.2, 0.25) is 0 Å². The molecule has 1 aliphatic rings. The van der Waals surface area contributed by atoms with E-state index in [1.807, 2.05) is 6.07 Å². The maximum absolute atomic E-state index is 13.5. The summed E-state index contributed by atoms with van der Waals surface area (Å²) in [5.74, 6) is 0.921. The molecule has 0 saturated carbocycles. The maximum atomic E-state index is 13.5. The van der Waals surface area contributed by atoms with E-state index in [1.54, 1.807) is 32.4 Å². The molecule has 24 heavy (non-hydrogen) atoms. The number of halogens is 1. The minimum absolute atomic E-state index is 0.225. The second-order valence-electron chi connectivity index (χ2n) is 5.35. The fourth-order valence-corrected chi connectivity index (χ4v) is 2.64. The number of hydrogen-bond donors (Lipinski definition) is 0. The van der Waals surface area contributed by atoms with Crippen molar-refractivity contribution in [2.75, 3.05) is 20.8 Å². The summed E-state index contributed by atoms with van der Waals surface area (Å²) in [6.07, 6.45) is 2.22. The highest BCUT2D eigenvalue weighted by Crippen LogP contribution is 2.31. The van der Waals surface area contributed by atoms with Crippen molar-refractivity contribution in [3.63, 3.8) is 0 Å². The van der Waals surface area contributed by atoms with E-state index in [9.17, 15) is 9.18 Å². The Balaban J connectivity index is 1.99. The van der Waals surface area contributed by atoms with Gasteiger partial charge in [-0.1, -0.05) is 6.07 Å². The Bertz CT molecular complexity index is 811. The van der Waals surface area contributed by atoms with Gasteiger partial charge in [-0.05, 0) is 42.0 Å². The van der Waals surface area contributed by atoms with E-state index in [2.05, 4.69) is 0 Å². The highest BCUT2D eigenvalue weighted by Gasteiger charge is 2.22. The predicted octanol–water partition coefficient (Wildman–Crippen LogP) is 3.89. The van der Waals surface area contributed by atoms with Crippen LogP contribution in [-0.2, 0) is 0 Å². The van der Waals surface area contributed by atoms with Crippen LogP contribution >= 0.6 is 0 Å². The van der Waals surface area contributed by atoms with Gasteiger partial charge < -0.3 is 14.2 Å². The predicted molar refractivity (Wildman–Crippen MR) is 88.4 cm³/mol. The molecule has 0 atom stereocenters. The van der Waals surface area contributed by atoms with Gasteiger partial charge in [0, 0.05) is 12.0 Å². The summed E-state index contributed by atoms with van der Waals surface area (Å²) in [6, 6.07) is 9.39. The summed E-state index contributed by atoms with van der Waals surface area (Å²) in [7, 11) is 3.12. The van der Waals surface area contributed by atoms with Crippen LogP contribution in [0.15, 0.2) is 42.0 Å². The van der Waals surface area contributed by atoms with Gasteiger partial charge in [0.05, 0.1) is 26.4 Å². The van der Waals surface area contributed by atoms with Crippen molar-refractivity contribution in [3.05, 3.63) is 58.9 Å². The van der Waals surface area contributed by atoms with Gasteiger partial charge in [0.15, 0.2) is 17.3 Å². The summed E-state index contributed by atoms with van der Waals surface area (Å²) >= 11 is 0. The lowest BCUT2D eigenvalue weighted by Gasteiger charge is -2.08. The largest absolute Gasteiger partial charge is 0.493 e. The number of ketones is 1. The monoisotopic (exact) mass is 328 g/mol. The number of benzene rings is 2. The lowest BCUT2D eigenvalue weighted by molar-refractivity contribution is 0.103. The van der Waals surface area contributed by atoms with Crippen LogP contribution in [0.4, 0.5) is 4.39 Å². The summed E-state index contributed by atoms with van der Waals surface area (Å²) < 4.78 is 29.5. The first-order chi connectivity index (χ1) is 11.6. The quantitative estimate of drug-likeness (QED) is 0.802. The molecule has 0 saturated heterocycles. The molecule has 4 nitrogen and oxygen atoms in total. The summed E-state index contributed by atoms with van der Waals surface area (Å²) in [5, 5.41) is 0. The van der Waals surface area contributed by atoms with Crippen LogP contribution in [-0.4, -0.2) is 26.6 Å². The third-order valence-electron chi connectivity index (χ3n) is 3.86. The Kier molecular flexibility index (Phi) is 4.51. The van der Waals surface area contributed by atoms with E-state index in [1.165, 1.54) is 18.2 Å². The maximum Gasteiger partial charge on any atom is 0.192 e. The average molecular weight is 328 g/mol. The molecule has 124 valence electrons. The third-order valence-corrected chi connectivity index (χ3v) is 3.86. The zero-order chi connectivity index (χ0) is 17.1. The molecule has 0 bridgehead atoms. The molecular weight excluding hydrogens is 311 g/mol. The number of carbonyl (C=O) groups excluding carboxylic acids is 1. The van der Waals surface area contributed by atoms with E-state index in [-0.39, 0.29) is 11.3 Å². The van der Waals surface area contributed by atoms with Crippen molar-refractivity contribution in [2.45, 2.75) is 6.42 Å². The molecule has 1 aliphatic heterocycles. The van der Waals surface area contributed by atoms with Gasteiger partial charge in [-0.3, -0.25) is 4.79 Å². The molecule has 0 aliphatic carbocycles. The smallest absolute Gasteiger partial charge is 0.192 e. The number of fused-ring (bicyclic) bond motifs is 1. The molecule has 0 amide bonds. The topological polar surface area (TPSA) is 44.8 Å². The van der Waals surface area contributed by atoms with E-state index in [0.717, 1.165) is 5.56 Å². The molecule has 0 unspecified atom stereocenters. The van der Waals surface area contributed by atoms with E-state index >= 15 is 0 Å². The molecular formula is C19H17FO4. The SMILES string of the molecule is COc1ccc(/C=C2\CCOc3ccc(F)cc3C2=O)cc1OC. The normalized spacial score (nSPS) is 15.5. The minimum atomic E-state index is -0.460. The van der Waals surface area contributed by atoms with Gasteiger partial charge in [-0.15, -0.1) is 0 Å². The Labute approximate surface area is 139 Å². The zero-order valence-electron chi connectivity index (χ0n) is 13.5. The van der Waals surface area contributed by atoms with Crippen LogP contribution in [0.1, 0.15) is 22.3 Å². The zero-order valence-corrected chi connectivity index (χ0v) is 13.5. The molecule has 0 radical (unpaired) electrons. The van der Waals surface area contributed by atoms with Crippen LogP contribution < -0.4 is 14.2 Å². The average Bonchev–Trinajstić information content (AvgIpc) is 2.74. The second-order valence-corrected chi connectivity index (χ2v) is 5.35. The molecule has 0 N–H and O–H groups in total. The van der Waals surface area contributed by atoms with Gasteiger partial charge >= 0.3 is 0 Å². The van der Waals surface area contributed by atoms with Gasteiger partial charge in [-0.2, -0.15) is 0 Å². The van der Waals surface area contributed by atoms with Crippen molar-refractivity contribution in [1.82, 2.24) is 0 Å². The van der Waals surface area contributed by atoms with Crippen LogP contribution in [0.25, 0.3) is 6.08 Å². The highest BCUT2D eigenvalue weighted by atomic mass is 19.1. The first kappa shape index (κ1) is 16.1. The lowest BCUT2D eigenvalue weighted by atomic mass is 9.99. The Morgan fingerprint density at radius 1 is 1.08 bits per heavy atom. The van der Waals surface area contributed by atoms with Crippen LogP contribution in [0, 0.1) is 5.82 Å². The van der Waals surface area contributed by atoms with Gasteiger partial charge in [0.25, 0.3) is 0 Å². The third kappa shape index (κ3) is 3.11. The Hall–Kier alpha value is -2.82. The van der Waals surface area contributed by atoms with Crippen molar-refractivity contribution >= 4 is 11.9 Å². The first-order valence-corrected chi connectivity index (χ1v) is 7.52. The van der Waals surface area contributed by atoms with E-state index in [0.29, 0.717) is 35.8 Å². The fourth-order valence-electron chi connectivity index (χ4n) is 2.64. The van der Waals surface area contributed by atoms with Gasteiger partial charge in [-0.25, -0.2) is 4.39 Å². The number of rotatable bonds is 3. The first-order valence-electron chi connectivity index (χ1n) is 7.52. The van der Waals surface area contributed by atoms with Crippen molar-refractivity contribution in [3.8, 4) is 17.2 Å². The number of methoxy groups -OCH3 is 2. The van der Waals surface area contributed by atoms with Crippen molar-refractivity contribution in [1.29, 1.82) is 0 Å². The Morgan fingerprint density at radius 3 is 2.62 bits per heavy atom. The lowest BCUT2D eigenvalue weighted by Crippen LogP contribution is -2.02. The van der Waals surface area contributed by atoms with Crippen LogP contribution in [0.5, 0.6) is 17.2 Å². The Morgan fingerprint density at radius 2 is 1.88 bits per heavy atom. The van der Waals surface area contributed by atoms with Gasteiger partial charge in [0.2, 0.25) is 0 Å². The molecule has 0 spiro atoms. The molecule has 2 aromatic rings. The highest BCUT2D eigenvalue weighted by molar-refractivity contribution is 6.13. The summed E-state index contributed by atoms with van der Waals surface area (Å²) in [5.41, 5.74) is 1.61. The fraction of sp³-hybridized carbons (Fsp3) is 0.211. The minimum Gasteiger partial charge on any atom is -0.493 e.